The highest BCUT2D eigenvalue weighted by Crippen LogP contribution is 2.25. The molecule has 0 saturated heterocycles. The Hall–Kier alpha value is -1.13. The van der Waals surface area contributed by atoms with Crippen LogP contribution < -0.4 is 0 Å². The van der Waals surface area contributed by atoms with Gasteiger partial charge in [0.2, 0.25) is 0 Å². The first-order valence-corrected chi connectivity index (χ1v) is 8.97. The maximum atomic E-state index is 12.3. The van der Waals surface area contributed by atoms with Crippen molar-refractivity contribution in [2.24, 2.45) is 0 Å². The largest absolute Gasteiger partial charge is 0.294 e. The van der Waals surface area contributed by atoms with Crippen molar-refractivity contribution in [1.29, 1.82) is 0 Å². The Balaban J connectivity index is 2.05. The second kappa shape index (κ2) is 6.75. The van der Waals surface area contributed by atoms with E-state index < -0.39 is 0 Å². The van der Waals surface area contributed by atoms with Gasteiger partial charge >= 0.3 is 0 Å². The molecule has 21 heavy (non-hydrogen) atoms. The summed E-state index contributed by atoms with van der Waals surface area (Å²) in [7, 11) is 0. The molecule has 2 rings (SSSR count). The van der Waals surface area contributed by atoms with Crippen LogP contribution in [-0.2, 0) is 11.8 Å². The summed E-state index contributed by atoms with van der Waals surface area (Å²) >= 11 is 3.36. The fourth-order valence-electron chi connectivity index (χ4n) is 1.88. The third kappa shape index (κ3) is 4.42. The summed E-state index contributed by atoms with van der Waals surface area (Å²) in [6.45, 7) is 8.53. The number of hydrogen-bond donors (Lipinski definition) is 0. The highest BCUT2D eigenvalue weighted by atomic mass is 32.2. The molecular formula is C17H21NOS2. The number of rotatable bonds is 5. The molecule has 0 aliphatic rings. The fourth-order valence-corrected chi connectivity index (χ4v) is 3.56. The first kappa shape index (κ1) is 16.2. The maximum absolute atomic E-state index is 12.3. The van der Waals surface area contributed by atoms with Crippen LogP contribution >= 0.6 is 23.1 Å². The van der Waals surface area contributed by atoms with Crippen molar-refractivity contribution >= 4 is 28.9 Å². The molecule has 1 heterocycles. The number of nitrogens with zero attached hydrogens (tertiary/aromatic N) is 1. The van der Waals surface area contributed by atoms with E-state index in [0.717, 1.165) is 22.0 Å². The van der Waals surface area contributed by atoms with Crippen molar-refractivity contribution in [3.8, 4) is 0 Å². The lowest BCUT2D eigenvalue weighted by molar-refractivity contribution is 0.0993. The van der Waals surface area contributed by atoms with Crippen LogP contribution in [0.25, 0.3) is 0 Å². The Morgan fingerprint density at radius 2 is 1.90 bits per heavy atom. The van der Waals surface area contributed by atoms with Gasteiger partial charge in [-0.25, -0.2) is 4.98 Å². The molecule has 0 N–H and O–H groups in total. The zero-order valence-corrected chi connectivity index (χ0v) is 14.6. The Kier molecular flexibility index (Phi) is 5.22. The number of aromatic nitrogens is 1. The van der Waals surface area contributed by atoms with E-state index in [9.17, 15) is 4.79 Å². The van der Waals surface area contributed by atoms with Crippen LogP contribution in [0.4, 0.5) is 0 Å². The normalized spacial score (nSPS) is 11.6. The highest BCUT2D eigenvalue weighted by molar-refractivity contribution is 7.99. The average Bonchev–Trinajstić information content (AvgIpc) is 2.88. The summed E-state index contributed by atoms with van der Waals surface area (Å²) in [4.78, 5) is 18.1. The van der Waals surface area contributed by atoms with Crippen molar-refractivity contribution in [3.63, 3.8) is 0 Å². The predicted molar refractivity (Wildman–Crippen MR) is 91.7 cm³/mol. The molecule has 0 unspecified atom stereocenters. The smallest absolute Gasteiger partial charge is 0.169 e. The first-order chi connectivity index (χ1) is 9.90. The number of Topliss-reactive ketones (excluding diaryl/α,β-unsaturated/α-hetero) is 1. The molecule has 0 bridgehead atoms. The van der Waals surface area contributed by atoms with E-state index in [2.05, 4.69) is 38.1 Å². The summed E-state index contributed by atoms with van der Waals surface area (Å²) in [5, 5.41) is 2.96. The van der Waals surface area contributed by atoms with Gasteiger partial charge in [0.15, 0.2) is 5.78 Å². The van der Waals surface area contributed by atoms with Gasteiger partial charge in [0.05, 0.1) is 12.1 Å². The number of thioether (sulfide) groups is 1. The second-order valence-corrected chi connectivity index (χ2v) is 8.21. The highest BCUT2D eigenvalue weighted by Gasteiger charge is 2.18. The number of hydrogen-bond acceptors (Lipinski definition) is 4. The summed E-state index contributed by atoms with van der Waals surface area (Å²) in [6, 6.07) is 7.87. The van der Waals surface area contributed by atoms with Crippen LogP contribution in [0.15, 0.2) is 34.5 Å². The molecule has 0 atom stereocenters. The fraction of sp³-hybridized carbons (Fsp3) is 0.412. The van der Waals surface area contributed by atoms with Crippen molar-refractivity contribution in [2.45, 2.75) is 44.4 Å². The molecule has 0 radical (unpaired) electrons. The Labute approximate surface area is 135 Å². The van der Waals surface area contributed by atoms with E-state index >= 15 is 0 Å². The molecule has 0 saturated carbocycles. The van der Waals surface area contributed by atoms with Crippen LogP contribution in [0.5, 0.6) is 0 Å². The Bertz CT molecular complexity index is 608. The third-order valence-corrected chi connectivity index (χ3v) is 4.86. The number of benzene rings is 1. The minimum atomic E-state index is 0.0385. The minimum Gasteiger partial charge on any atom is -0.294 e. The van der Waals surface area contributed by atoms with Crippen LogP contribution in [0.1, 0.15) is 48.8 Å². The molecule has 4 heteroatoms. The molecule has 0 aliphatic heterocycles. The van der Waals surface area contributed by atoms with Gasteiger partial charge in [0, 0.05) is 21.3 Å². The Morgan fingerprint density at radius 1 is 1.24 bits per heavy atom. The van der Waals surface area contributed by atoms with Gasteiger partial charge in [0.1, 0.15) is 5.01 Å². The molecule has 2 aromatic rings. The molecule has 1 aromatic heterocycles. The average molecular weight is 319 g/mol. The number of ketones is 1. The lowest BCUT2D eigenvalue weighted by atomic mass is 9.93. The maximum Gasteiger partial charge on any atom is 0.169 e. The topological polar surface area (TPSA) is 30.0 Å². The first-order valence-electron chi connectivity index (χ1n) is 7.11. The molecule has 0 fully saturated rings. The summed E-state index contributed by atoms with van der Waals surface area (Å²) in [5.74, 6) is 1.18. The van der Waals surface area contributed by atoms with Crippen LogP contribution in [0, 0.1) is 0 Å². The van der Waals surface area contributed by atoms with Crippen LogP contribution in [0.2, 0.25) is 0 Å². The second-order valence-electron chi connectivity index (χ2n) is 5.93. The van der Waals surface area contributed by atoms with Crippen LogP contribution in [0.3, 0.4) is 0 Å². The third-order valence-electron chi connectivity index (χ3n) is 3.12. The van der Waals surface area contributed by atoms with Crippen molar-refractivity contribution in [2.75, 3.05) is 5.75 Å². The van der Waals surface area contributed by atoms with Crippen molar-refractivity contribution in [1.82, 2.24) is 4.98 Å². The molecule has 112 valence electrons. The summed E-state index contributed by atoms with van der Waals surface area (Å²) < 4.78 is 0. The van der Waals surface area contributed by atoms with E-state index in [1.807, 2.05) is 24.3 Å². The van der Waals surface area contributed by atoms with Gasteiger partial charge in [-0.05, 0) is 17.9 Å². The van der Waals surface area contributed by atoms with Crippen LogP contribution in [-0.4, -0.2) is 16.5 Å². The van der Waals surface area contributed by atoms with Gasteiger partial charge < -0.3 is 0 Å². The number of thiazole rings is 1. The van der Waals surface area contributed by atoms with Crippen molar-refractivity contribution < 1.29 is 4.79 Å². The molecule has 0 aliphatic carbocycles. The number of carbonyl (C=O) groups is 1. The van der Waals surface area contributed by atoms with E-state index in [0.29, 0.717) is 6.42 Å². The van der Waals surface area contributed by atoms with Gasteiger partial charge in [0.25, 0.3) is 0 Å². The van der Waals surface area contributed by atoms with E-state index in [4.69, 9.17) is 0 Å². The predicted octanol–water partition coefficient (Wildman–Crippen LogP) is 4.98. The summed E-state index contributed by atoms with van der Waals surface area (Å²) in [5.41, 5.74) is 1.87. The Morgan fingerprint density at radius 3 is 2.43 bits per heavy atom. The van der Waals surface area contributed by atoms with E-state index in [1.165, 1.54) is 4.90 Å². The zero-order chi connectivity index (χ0) is 15.5. The van der Waals surface area contributed by atoms with Crippen molar-refractivity contribution in [3.05, 3.63) is 45.9 Å². The lowest BCUT2D eigenvalue weighted by Crippen LogP contribution is -2.12. The minimum absolute atomic E-state index is 0.0385. The molecule has 1 aromatic carbocycles. The van der Waals surface area contributed by atoms with E-state index in [1.54, 1.807) is 23.1 Å². The zero-order valence-electron chi connectivity index (χ0n) is 13.0. The quantitative estimate of drug-likeness (QED) is 0.575. The monoisotopic (exact) mass is 319 g/mol. The SMILES string of the molecule is CCSc1ccc(C(=O)Cc2nc(C(C)(C)C)cs2)cc1. The van der Waals surface area contributed by atoms with Gasteiger partial charge in [-0.1, -0.05) is 39.8 Å². The lowest BCUT2D eigenvalue weighted by Gasteiger charge is -2.14. The number of carbonyl (C=O) groups excluding carboxylic acids is 1. The molecular weight excluding hydrogens is 298 g/mol. The molecule has 0 spiro atoms. The molecule has 0 amide bonds. The standard InChI is InChI=1S/C17H21NOS2/c1-5-20-13-8-6-12(7-9-13)14(19)10-16-18-15(11-21-16)17(2,3)4/h6-9,11H,5,10H2,1-4H3. The van der Waals surface area contributed by atoms with Gasteiger partial charge in [-0.2, -0.15) is 0 Å². The molecule has 2 nitrogen and oxygen atoms in total. The summed E-state index contributed by atoms with van der Waals surface area (Å²) in [6.07, 6.45) is 0.390. The van der Waals surface area contributed by atoms with Gasteiger partial charge in [-0.3, -0.25) is 4.79 Å². The van der Waals surface area contributed by atoms with Gasteiger partial charge in [-0.15, -0.1) is 23.1 Å². The van der Waals surface area contributed by atoms with E-state index in [-0.39, 0.29) is 11.2 Å².